The molecule has 34 heavy (non-hydrogen) atoms. The SMILES string of the molecule is Cc1cc(-c2ccnn2C)c2cccc(OCc3c(Cl)cncc3OCC(=O)N3CCC3)c2n1. The first-order valence-corrected chi connectivity index (χ1v) is 11.4. The Morgan fingerprint density at radius 2 is 2.00 bits per heavy atom. The first kappa shape index (κ1) is 22.2. The molecule has 4 aromatic rings. The Balaban J connectivity index is 1.42. The minimum atomic E-state index is -0.0574. The van der Waals surface area contributed by atoms with Gasteiger partial charge in [-0.15, -0.1) is 0 Å². The van der Waals surface area contributed by atoms with Gasteiger partial charge in [-0.1, -0.05) is 23.7 Å². The van der Waals surface area contributed by atoms with Gasteiger partial charge in [0.05, 0.1) is 22.5 Å². The Morgan fingerprint density at radius 3 is 2.74 bits per heavy atom. The normalized spacial score (nSPS) is 13.1. The van der Waals surface area contributed by atoms with Crippen LogP contribution in [0.25, 0.3) is 22.2 Å². The minimum Gasteiger partial charge on any atom is -0.486 e. The number of hydrogen-bond donors (Lipinski definition) is 0. The lowest BCUT2D eigenvalue weighted by Gasteiger charge is -2.30. The van der Waals surface area contributed by atoms with Gasteiger partial charge in [0.1, 0.15) is 23.6 Å². The Bertz CT molecular complexity index is 1370. The summed E-state index contributed by atoms with van der Waals surface area (Å²) in [5.41, 5.74) is 4.27. The molecule has 5 rings (SSSR count). The van der Waals surface area contributed by atoms with Gasteiger partial charge < -0.3 is 14.4 Å². The van der Waals surface area contributed by atoms with Crippen molar-refractivity contribution in [1.29, 1.82) is 0 Å². The van der Waals surface area contributed by atoms with Crippen molar-refractivity contribution in [3.8, 4) is 22.8 Å². The zero-order chi connectivity index (χ0) is 23.7. The molecule has 0 spiro atoms. The molecule has 0 bridgehead atoms. The Hall–Kier alpha value is -3.65. The molecule has 8 nitrogen and oxygen atoms in total. The third-order valence-corrected chi connectivity index (χ3v) is 6.25. The maximum atomic E-state index is 12.2. The Morgan fingerprint density at radius 1 is 1.15 bits per heavy atom. The van der Waals surface area contributed by atoms with E-state index in [1.165, 1.54) is 6.20 Å². The number of benzene rings is 1. The Kier molecular flexibility index (Phi) is 6.06. The number of fused-ring (bicyclic) bond motifs is 1. The van der Waals surface area contributed by atoms with Crippen LogP contribution in [0.1, 0.15) is 17.7 Å². The topological polar surface area (TPSA) is 82.4 Å². The highest BCUT2D eigenvalue weighted by atomic mass is 35.5. The number of para-hydroxylation sites is 1. The molecule has 0 atom stereocenters. The molecule has 1 saturated heterocycles. The van der Waals surface area contributed by atoms with E-state index in [2.05, 4.69) is 10.1 Å². The molecule has 1 aliphatic rings. The number of likely N-dealkylation sites (tertiary alicyclic amines) is 1. The largest absolute Gasteiger partial charge is 0.486 e. The predicted molar refractivity (Wildman–Crippen MR) is 129 cm³/mol. The van der Waals surface area contributed by atoms with Crippen LogP contribution < -0.4 is 9.47 Å². The van der Waals surface area contributed by atoms with Crippen molar-refractivity contribution in [3.63, 3.8) is 0 Å². The third-order valence-electron chi connectivity index (χ3n) is 5.92. The fourth-order valence-corrected chi connectivity index (χ4v) is 4.18. The molecule has 174 valence electrons. The highest BCUT2D eigenvalue weighted by Gasteiger charge is 2.21. The number of aromatic nitrogens is 4. The first-order chi connectivity index (χ1) is 16.5. The van der Waals surface area contributed by atoms with Crippen molar-refractivity contribution in [2.24, 2.45) is 7.05 Å². The number of rotatable bonds is 7. The number of pyridine rings is 2. The highest BCUT2D eigenvalue weighted by Crippen LogP contribution is 2.34. The lowest BCUT2D eigenvalue weighted by Crippen LogP contribution is -2.44. The van der Waals surface area contributed by atoms with E-state index in [1.807, 2.05) is 49.0 Å². The predicted octanol–water partition coefficient (Wildman–Crippen LogP) is 4.18. The molecule has 0 N–H and O–H groups in total. The number of hydrogen-bond acceptors (Lipinski definition) is 6. The van der Waals surface area contributed by atoms with E-state index in [0.29, 0.717) is 22.1 Å². The van der Waals surface area contributed by atoms with E-state index >= 15 is 0 Å². The lowest BCUT2D eigenvalue weighted by atomic mass is 10.0. The van der Waals surface area contributed by atoms with E-state index in [-0.39, 0.29) is 19.1 Å². The quantitative estimate of drug-likeness (QED) is 0.397. The van der Waals surface area contributed by atoms with Crippen LogP contribution in [0.5, 0.6) is 11.5 Å². The molecule has 1 aliphatic heterocycles. The fourth-order valence-electron chi connectivity index (χ4n) is 3.97. The van der Waals surface area contributed by atoms with Crippen LogP contribution in [0, 0.1) is 6.92 Å². The average Bonchev–Trinajstić information content (AvgIpc) is 3.21. The van der Waals surface area contributed by atoms with Gasteiger partial charge in [-0.2, -0.15) is 5.10 Å². The fraction of sp³-hybridized carbons (Fsp3) is 0.280. The summed E-state index contributed by atoms with van der Waals surface area (Å²) in [6.45, 7) is 3.60. The summed E-state index contributed by atoms with van der Waals surface area (Å²) >= 11 is 6.42. The summed E-state index contributed by atoms with van der Waals surface area (Å²) in [7, 11) is 1.91. The molecule has 1 amide bonds. The molecule has 3 aromatic heterocycles. The van der Waals surface area contributed by atoms with E-state index in [0.717, 1.165) is 47.4 Å². The number of carbonyl (C=O) groups is 1. The van der Waals surface area contributed by atoms with Gasteiger partial charge in [-0.3, -0.25) is 14.5 Å². The summed E-state index contributed by atoms with van der Waals surface area (Å²) in [6.07, 6.45) is 5.90. The van der Waals surface area contributed by atoms with Crippen LogP contribution >= 0.6 is 11.6 Å². The molecule has 0 unspecified atom stereocenters. The minimum absolute atomic E-state index is 0.0467. The van der Waals surface area contributed by atoms with Crippen molar-refractivity contribution in [1.82, 2.24) is 24.6 Å². The average molecular weight is 478 g/mol. The molecular formula is C25H24ClN5O3. The van der Waals surface area contributed by atoms with E-state index in [1.54, 1.807) is 17.3 Å². The van der Waals surface area contributed by atoms with Crippen LogP contribution in [0.15, 0.2) is 48.9 Å². The van der Waals surface area contributed by atoms with E-state index in [4.69, 9.17) is 26.1 Å². The number of nitrogens with zero attached hydrogens (tertiary/aromatic N) is 5. The smallest absolute Gasteiger partial charge is 0.260 e. The van der Waals surface area contributed by atoms with Gasteiger partial charge in [0.2, 0.25) is 0 Å². The summed E-state index contributed by atoms with van der Waals surface area (Å²) in [5.74, 6) is 1.01. The van der Waals surface area contributed by atoms with Crippen molar-refractivity contribution in [3.05, 3.63) is 65.2 Å². The van der Waals surface area contributed by atoms with Gasteiger partial charge in [0.15, 0.2) is 6.61 Å². The van der Waals surface area contributed by atoms with Gasteiger partial charge in [-0.25, -0.2) is 4.98 Å². The highest BCUT2D eigenvalue weighted by molar-refractivity contribution is 6.31. The molecular weight excluding hydrogens is 454 g/mol. The molecule has 1 aromatic carbocycles. The zero-order valence-electron chi connectivity index (χ0n) is 19.0. The molecule has 9 heteroatoms. The summed E-state index contributed by atoms with van der Waals surface area (Å²) in [6, 6.07) is 9.86. The van der Waals surface area contributed by atoms with Crippen molar-refractivity contribution in [2.45, 2.75) is 20.0 Å². The zero-order valence-corrected chi connectivity index (χ0v) is 19.7. The van der Waals surface area contributed by atoms with Gasteiger partial charge in [-0.05, 0) is 31.5 Å². The van der Waals surface area contributed by atoms with Crippen LogP contribution in [0.4, 0.5) is 0 Å². The number of ether oxygens (including phenoxy) is 2. The first-order valence-electron chi connectivity index (χ1n) is 11.1. The van der Waals surface area contributed by atoms with Crippen LogP contribution in [-0.2, 0) is 18.4 Å². The third kappa shape index (κ3) is 4.28. The number of halogens is 1. The van der Waals surface area contributed by atoms with Crippen LogP contribution in [0.3, 0.4) is 0 Å². The molecule has 0 saturated carbocycles. The molecule has 0 aliphatic carbocycles. The summed E-state index contributed by atoms with van der Waals surface area (Å²) < 4.78 is 13.8. The maximum Gasteiger partial charge on any atom is 0.260 e. The second-order valence-corrected chi connectivity index (χ2v) is 8.62. The van der Waals surface area contributed by atoms with E-state index < -0.39 is 0 Å². The molecule has 4 heterocycles. The summed E-state index contributed by atoms with van der Waals surface area (Å²) in [4.78, 5) is 22.8. The summed E-state index contributed by atoms with van der Waals surface area (Å²) in [5, 5.41) is 5.67. The second kappa shape index (κ2) is 9.30. The maximum absolute atomic E-state index is 12.2. The Labute approximate surface area is 202 Å². The molecule has 0 radical (unpaired) electrons. The van der Waals surface area contributed by atoms with E-state index in [9.17, 15) is 4.79 Å². The molecule has 1 fully saturated rings. The second-order valence-electron chi connectivity index (χ2n) is 8.21. The number of carbonyl (C=O) groups excluding carboxylic acids is 1. The van der Waals surface area contributed by atoms with Gasteiger partial charge in [0, 0.05) is 49.2 Å². The van der Waals surface area contributed by atoms with Crippen molar-refractivity contribution < 1.29 is 14.3 Å². The standard InChI is InChI=1S/C25H24ClN5O3/c1-16-11-18(21-7-8-28-30(21)2)17-5-3-6-22(25(17)29-16)33-14-19-20(26)12-27-13-23(19)34-15-24(32)31-9-4-10-31/h3,5-8,11-13H,4,9-10,14-15H2,1-2H3. The van der Waals surface area contributed by atoms with Gasteiger partial charge in [0.25, 0.3) is 5.91 Å². The van der Waals surface area contributed by atoms with Crippen molar-refractivity contribution >= 4 is 28.4 Å². The lowest BCUT2D eigenvalue weighted by molar-refractivity contribution is -0.136. The number of amides is 1. The van der Waals surface area contributed by atoms with Crippen LogP contribution in [-0.4, -0.2) is 50.3 Å². The number of aryl methyl sites for hydroxylation is 2. The van der Waals surface area contributed by atoms with Crippen LogP contribution in [0.2, 0.25) is 5.02 Å². The van der Waals surface area contributed by atoms with Gasteiger partial charge >= 0.3 is 0 Å². The monoisotopic (exact) mass is 477 g/mol. The van der Waals surface area contributed by atoms with Crippen molar-refractivity contribution in [2.75, 3.05) is 19.7 Å².